The molecule has 2 aromatic carbocycles. The van der Waals surface area contributed by atoms with Crippen LogP contribution in [-0.4, -0.2) is 29.8 Å². The second-order valence-electron chi connectivity index (χ2n) is 5.35. The minimum absolute atomic E-state index is 0.0318. The smallest absolute Gasteiger partial charge is 0.387 e. The number of nitrogens with one attached hydrogen (secondary N) is 1. The largest absolute Gasteiger partial charge is 0.493 e. The molecular formula is C18H15F2N3O3S2. The first-order valence-electron chi connectivity index (χ1n) is 7.99. The Hall–Kier alpha value is -2.72. The first kappa shape index (κ1) is 20.0. The number of hydrogen-bond donors (Lipinski definition) is 1. The number of carbonyl (C=O) groups excluding carboxylic acids is 1. The molecule has 0 bridgehead atoms. The fraction of sp³-hybridized carbons (Fsp3) is 0.167. The van der Waals surface area contributed by atoms with Crippen molar-refractivity contribution in [1.82, 2.24) is 10.2 Å². The van der Waals surface area contributed by atoms with Gasteiger partial charge in [-0.1, -0.05) is 53.4 Å². The quantitative estimate of drug-likeness (QED) is 0.419. The summed E-state index contributed by atoms with van der Waals surface area (Å²) >= 11 is 2.77. The summed E-state index contributed by atoms with van der Waals surface area (Å²) in [7, 11) is 1.30. The molecule has 0 unspecified atom stereocenters. The summed E-state index contributed by atoms with van der Waals surface area (Å²) in [5, 5.41) is 11.0. The number of alkyl halides is 2. The number of anilines is 1. The van der Waals surface area contributed by atoms with Crippen LogP contribution in [0.25, 0.3) is 0 Å². The van der Waals surface area contributed by atoms with Gasteiger partial charge < -0.3 is 9.47 Å². The van der Waals surface area contributed by atoms with E-state index in [4.69, 9.17) is 4.74 Å². The van der Waals surface area contributed by atoms with E-state index in [1.165, 1.54) is 48.4 Å². The molecule has 10 heteroatoms. The summed E-state index contributed by atoms with van der Waals surface area (Å²) in [5.41, 5.74) is 1.37. The summed E-state index contributed by atoms with van der Waals surface area (Å²) < 4.78 is 34.8. The van der Waals surface area contributed by atoms with Crippen molar-refractivity contribution in [3.63, 3.8) is 0 Å². The SMILES string of the molecule is COc1cc(C(=O)Nc2nnc(SCc3ccccc3)s2)ccc1OC(F)F. The number of hydrogen-bond acceptors (Lipinski definition) is 7. The minimum Gasteiger partial charge on any atom is -0.493 e. The van der Waals surface area contributed by atoms with E-state index in [1.807, 2.05) is 30.3 Å². The van der Waals surface area contributed by atoms with Gasteiger partial charge in [-0.05, 0) is 23.8 Å². The molecule has 0 radical (unpaired) electrons. The molecule has 0 atom stereocenters. The molecule has 3 aromatic rings. The van der Waals surface area contributed by atoms with Gasteiger partial charge >= 0.3 is 6.61 Å². The van der Waals surface area contributed by atoms with Crippen molar-refractivity contribution in [3.05, 3.63) is 59.7 Å². The van der Waals surface area contributed by atoms with E-state index in [1.54, 1.807) is 0 Å². The van der Waals surface area contributed by atoms with Gasteiger partial charge in [0.15, 0.2) is 15.8 Å². The summed E-state index contributed by atoms with van der Waals surface area (Å²) in [6.45, 7) is -2.98. The van der Waals surface area contributed by atoms with Gasteiger partial charge in [-0.3, -0.25) is 10.1 Å². The molecule has 1 N–H and O–H groups in total. The lowest BCUT2D eigenvalue weighted by Gasteiger charge is -2.11. The zero-order valence-electron chi connectivity index (χ0n) is 14.6. The predicted molar refractivity (Wildman–Crippen MR) is 103 cm³/mol. The topological polar surface area (TPSA) is 73.3 Å². The van der Waals surface area contributed by atoms with Crippen molar-refractivity contribution < 1.29 is 23.0 Å². The molecule has 28 heavy (non-hydrogen) atoms. The highest BCUT2D eigenvalue weighted by Gasteiger charge is 2.16. The summed E-state index contributed by atoms with van der Waals surface area (Å²) in [6.07, 6.45) is 0. The van der Waals surface area contributed by atoms with Crippen LogP contribution in [0.5, 0.6) is 11.5 Å². The maximum absolute atomic E-state index is 12.4. The molecule has 0 fully saturated rings. The normalized spacial score (nSPS) is 10.7. The number of methoxy groups -OCH3 is 1. The first-order valence-corrected chi connectivity index (χ1v) is 9.80. The Kier molecular flexibility index (Phi) is 6.77. The predicted octanol–water partition coefficient (Wildman–Crippen LogP) is 4.69. The summed E-state index contributed by atoms with van der Waals surface area (Å²) in [4.78, 5) is 12.4. The Balaban J connectivity index is 1.62. The van der Waals surface area contributed by atoms with Crippen molar-refractivity contribution in [2.24, 2.45) is 0 Å². The van der Waals surface area contributed by atoms with E-state index in [0.717, 1.165) is 15.7 Å². The second kappa shape index (κ2) is 9.47. The van der Waals surface area contributed by atoms with Gasteiger partial charge in [0.05, 0.1) is 7.11 Å². The van der Waals surface area contributed by atoms with E-state index in [2.05, 4.69) is 20.3 Å². The fourth-order valence-electron chi connectivity index (χ4n) is 2.21. The second-order valence-corrected chi connectivity index (χ2v) is 7.55. The third kappa shape index (κ3) is 5.40. The van der Waals surface area contributed by atoms with E-state index in [0.29, 0.717) is 5.13 Å². The van der Waals surface area contributed by atoms with Crippen LogP contribution in [0, 0.1) is 0 Å². The standard InChI is InChI=1S/C18H15F2N3O3S2/c1-25-14-9-12(7-8-13(14)26-16(19)20)15(24)21-17-22-23-18(28-17)27-10-11-5-3-2-4-6-11/h2-9,16H,10H2,1H3,(H,21,22,24). The van der Waals surface area contributed by atoms with Crippen LogP contribution < -0.4 is 14.8 Å². The van der Waals surface area contributed by atoms with E-state index < -0.39 is 12.5 Å². The number of nitrogens with zero attached hydrogens (tertiary/aromatic N) is 2. The third-order valence-electron chi connectivity index (χ3n) is 3.47. The Bertz CT molecular complexity index is 939. The zero-order valence-corrected chi connectivity index (χ0v) is 16.2. The maximum atomic E-state index is 12.4. The van der Waals surface area contributed by atoms with Gasteiger partial charge in [0.1, 0.15) is 0 Å². The zero-order chi connectivity index (χ0) is 19.9. The molecule has 0 saturated carbocycles. The third-order valence-corrected chi connectivity index (χ3v) is 5.52. The highest BCUT2D eigenvalue weighted by atomic mass is 32.2. The molecule has 3 rings (SSSR count). The Labute approximate surface area is 167 Å². The van der Waals surface area contributed by atoms with Gasteiger partial charge in [0.2, 0.25) is 5.13 Å². The highest BCUT2D eigenvalue weighted by molar-refractivity contribution is 8.00. The minimum atomic E-state index is -2.98. The average Bonchev–Trinajstić information content (AvgIpc) is 3.14. The monoisotopic (exact) mass is 423 g/mol. The van der Waals surface area contributed by atoms with E-state index >= 15 is 0 Å². The van der Waals surface area contributed by atoms with Gasteiger partial charge in [0.25, 0.3) is 5.91 Å². The lowest BCUT2D eigenvalue weighted by molar-refractivity contribution is -0.0512. The van der Waals surface area contributed by atoms with Crippen LogP contribution in [-0.2, 0) is 5.75 Å². The summed E-state index contributed by atoms with van der Waals surface area (Å²) in [6, 6.07) is 13.9. The molecule has 0 aliphatic carbocycles. The van der Waals surface area contributed by atoms with Crippen molar-refractivity contribution >= 4 is 34.1 Å². The molecule has 0 spiro atoms. The van der Waals surface area contributed by atoms with E-state index in [9.17, 15) is 13.6 Å². The Morgan fingerprint density at radius 3 is 2.68 bits per heavy atom. The molecule has 1 aromatic heterocycles. The van der Waals surface area contributed by atoms with Crippen LogP contribution in [0.2, 0.25) is 0 Å². The molecular weight excluding hydrogens is 408 g/mol. The molecule has 0 aliphatic rings. The number of thioether (sulfide) groups is 1. The van der Waals surface area contributed by atoms with Crippen LogP contribution in [0.1, 0.15) is 15.9 Å². The number of aromatic nitrogens is 2. The van der Waals surface area contributed by atoms with Crippen LogP contribution in [0.15, 0.2) is 52.9 Å². The van der Waals surface area contributed by atoms with Crippen molar-refractivity contribution in [1.29, 1.82) is 0 Å². The number of halogens is 2. The maximum Gasteiger partial charge on any atom is 0.387 e. The van der Waals surface area contributed by atoms with Crippen molar-refractivity contribution in [2.75, 3.05) is 12.4 Å². The Morgan fingerprint density at radius 2 is 1.96 bits per heavy atom. The van der Waals surface area contributed by atoms with Crippen LogP contribution in [0.4, 0.5) is 13.9 Å². The Morgan fingerprint density at radius 1 is 1.18 bits per heavy atom. The van der Waals surface area contributed by atoms with Crippen molar-refractivity contribution in [3.8, 4) is 11.5 Å². The van der Waals surface area contributed by atoms with Gasteiger partial charge in [0, 0.05) is 11.3 Å². The first-order chi connectivity index (χ1) is 13.5. The van der Waals surface area contributed by atoms with Gasteiger partial charge in [-0.25, -0.2) is 0 Å². The highest BCUT2D eigenvalue weighted by Crippen LogP contribution is 2.31. The van der Waals surface area contributed by atoms with Crippen molar-refractivity contribution in [2.45, 2.75) is 16.7 Å². The number of amides is 1. The lowest BCUT2D eigenvalue weighted by Crippen LogP contribution is -2.12. The average molecular weight is 423 g/mol. The van der Waals surface area contributed by atoms with E-state index in [-0.39, 0.29) is 17.1 Å². The van der Waals surface area contributed by atoms with Gasteiger partial charge in [-0.2, -0.15) is 8.78 Å². The molecule has 146 valence electrons. The molecule has 0 saturated heterocycles. The lowest BCUT2D eigenvalue weighted by atomic mass is 10.2. The number of ether oxygens (including phenoxy) is 2. The number of benzene rings is 2. The number of rotatable bonds is 8. The molecule has 1 heterocycles. The van der Waals surface area contributed by atoms with Gasteiger partial charge in [-0.15, -0.1) is 10.2 Å². The molecule has 6 nitrogen and oxygen atoms in total. The molecule has 0 aliphatic heterocycles. The van der Waals surface area contributed by atoms with Crippen LogP contribution in [0.3, 0.4) is 0 Å². The molecule has 1 amide bonds. The fourth-order valence-corrected chi connectivity index (χ4v) is 3.91. The summed E-state index contributed by atoms with van der Waals surface area (Å²) in [5.74, 6) is 0.165. The number of carbonyl (C=O) groups is 1. The van der Waals surface area contributed by atoms with Crippen LogP contribution >= 0.6 is 23.1 Å².